The van der Waals surface area contributed by atoms with Crippen LogP contribution in [0.15, 0.2) is 73.6 Å². The lowest BCUT2D eigenvalue weighted by Crippen LogP contribution is -2.50. The van der Waals surface area contributed by atoms with Crippen LogP contribution in [0.1, 0.15) is 67.7 Å². The van der Waals surface area contributed by atoms with Gasteiger partial charge in [0.15, 0.2) is 6.29 Å². The number of nitrogens with one attached hydrogen (secondary N) is 2. The van der Waals surface area contributed by atoms with Crippen molar-refractivity contribution in [3.63, 3.8) is 0 Å². The van der Waals surface area contributed by atoms with Crippen molar-refractivity contribution >= 4 is 17.5 Å². The number of pyridine rings is 1. The third-order valence-electron chi connectivity index (χ3n) is 9.17. The molecular formula is C34H42N6O4. The molecule has 0 bridgehead atoms. The molecule has 10 nitrogen and oxygen atoms in total. The van der Waals surface area contributed by atoms with Gasteiger partial charge in [0.25, 0.3) is 5.91 Å². The number of piperidine rings is 1. The first-order chi connectivity index (χ1) is 21.2. The number of carbonyl (C=O) groups is 2. The summed E-state index contributed by atoms with van der Waals surface area (Å²) in [6, 6.07) is 10.5. The average Bonchev–Trinajstić information content (AvgIpc) is 3.80. The Kier molecular flexibility index (Phi) is 8.55. The van der Waals surface area contributed by atoms with Crippen molar-refractivity contribution in [3.8, 4) is 0 Å². The van der Waals surface area contributed by atoms with Crippen molar-refractivity contribution in [1.29, 1.82) is 0 Å². The Balaban J connectivity index is 1.22. The number of carbonyl (C=O) groups excluding carboxylic acids is 2. The number of aromatic amines is 1. The van der Waals surface area contributed by atoms with Crippen molar-refractivity contribution in [1.82, 2.24) is 25.2 Å². The van der Waals surface area contributed by atoms with Gasteiger partial charge >= 0.3 is 0 Å². The Morgan fingerprint density at radius 2 is 1.89 bits per heavy atom. The number of imidazole rings is 1. The third-order valence-corrected chi connectivity index (χ3v) is 9.17. The number of benzene rings is 1. The second kappa shape index (κ2) is 12.5. The predicted octanol–water partition coefficient (Wildman–Crippen LogP) is 4.59. The van der Waals surface area contributed by atoms with Crippen LogP contribution in [-0.2, 0) is 19.7 Å². The Labute approximate surface area is 258 Å². The van der Waals surface area contributed by atoms with Gasteiger partial charge in [-0.15, -0.1) is 0 Å². The number of anilines is 1. The molecule has 4 unspecified atom stereocenters. The molecule has 3 aliphatic heterocycles. The van der Waals surface area contributed by atoms with Crippen molar-refractivity contribution in [2.45, 2.75) is 63.8 Å². The van der Waals surface area contributed by atoms with Crippen LogP contribution in [0.5, 0.6) is 0 Å². The van der Waals surface area contributed by atoms with Crippen molar-refractivity contribution in [3.05, 3.63) is 90.4 Å². The molecule has 10 heteroatoms. The maximum absolute atomic E-state index is 14.3. The monoisotopic (exact) mass is 598 g/mol. The van der Waals surface area contributed by atoms with Gasteiger partial charge < -0.3 is 24.7 Å². The number of H-pyrrole nitrogens is 1. The number of amides is 2. The molecule has 3 aromatic rings. The molecule has 3 fully saturated rings. The molecule has 0 saturated carbocycles. The second-order valence-corrected chi connectivity index (χ2v) is 13.0. The fourth-order valence-electron chi connectivity index (χ4n) is 6.60. The average molecular weight is 599 g/mol. The van der Waals surface area contributed by atoms with Gasteiger partial charge in [0.1, 0.15) is 11.7 Å². The molecule has 1 aromatic carbocycles. The molecule has 0 spiro atoms. The molecular weight excluding hydrogens is 556 g/mol. The van der Waals surface area contributed by atoms with Gasteiger partial charge in [-0.2, -0.15) is 0 Å². The SMILES string of the molecule is C=C(C1COC2OCCC21)N1CCC(NC(=O)C(c2cccnc2)N(C(=O)c2c[nH]cn2)c2ccc(C(C)(C)C)cc2)CC1. The van der Waals surface area contributed by atoms with Gasteiger partial charge in [-0.3, -0.25) is 19.5 Å². The van der Waals surface area contributed by atoms with Crippen LogP contribution in [0.4, 0.5) is 5.69 Å². The zero-order chi connectivity index (χ0) is 30.8. The van der Waals surface area contributed by atoms with Crippen LogP contribution >= 0.6 is 0 Å². The van der Waals surface area contributed by atoms with Crippen LogP contribution in [-0.4, -0.2) is 70.3 Å². The maximum atomic E-state index is 14.3. The number of aromatic nitrogens is 3. The summed E-state index contributed by atoms with van der Waals surface area (Å²) in [5.41, 5.74) is 3.63. The summed E-state index contributed by atoms with van der Waals surface area (Å²) in [7, 11) is 0. The summed E-state index contributed by atoms with van der Waals surface area (Å²) in [6.45, 7) is 13.8. The zero-order valence-electron chi connectivity index (χ0n) is 25.7. The molecule has 0 aliphatic carbocycles. The van der Waals surface area contributed by atoms with E-state index in [4.69, 9.17) is 9.47 Å². The van der Waals surface area contributed by atoms with Crippen LogP contribution in [0.2, 0.25) is 0 Å². The quantitative estimate of drug-likeness (QED) is 0.390. The highest BCUT2D eigenvalue weighted by Crippen LogP contribution is 2.40. The summed E-state index contributed by atoms with van der Waals surface area (Å²) in [4.78, 5) is 43.5. The smallest absolute Gasteiger partial charge is 0.279 e. The molecule has 44 heavy (non-hydrogen) atoms. The van der Waals surface area contributed by atoms with E-state index in [1.807, 2.05) is 30.3 Å². The van der Waals surface area contributed by atoms with Crippen LogP contribution in [0.25, 0.3) is 0 Å². The lowest BCUT2D eigenvalue weighted by atomic mass is 9.87. The van der Waals surface area contributed by atoms with Crippen LogP contribution < -0.4 is 10.2 Å². The van der Waals surface area contributed by atoms with E-state index in [0.717, 1.165) is 50.2 Å². The van der Waals surface area contributed by atoms with Gasteiger partial charge in [-0.1, -0.05) is 45.5 Å². The summed E-state index contributed by atoms with van der Waals surface area (Å²) in [5, 5.41) is 3.28. The highest BCUT2D eigenvalue weighted by atomic mass is 16.7. The van der Waals surface area contributed by atoms with E-state index in [0.29, 0.717) is 23.8 Å². The highest BCUT2D eigenvalue weighted by Gasteiger charge is 2.44. The van der Waals surface area contributed by atoms with E-state index in [1.165, 1.54) is 11.2 Å². The normalized spacial score (nSPS) is 22.8. The number of ether oxygens (including phenoxy) is 2. The van der Waals surface area contributed by atoms with Crippen molar-refractivity contribution in [2.24, 2.45) is 11.8 Å². The van der Waals surface area contributed by atoms with Gasteiger partial charge in [-0.05, 0) is 48.4 Å². The summed E-state index contributed by atoms with van der Waals surface area (Å²) >= 11 is 0. The van der Waals surface area contributed by atoms with Gasteiger partial charge in [0.2, 0.25) is 5.91 Å². The summed E-state index contributed by atoms with van der Waals surface area (Å²) in [5.74, 6) is 0.0117. The van der Waals surface area contributed by atoms with E-state index in [-0.39, 0.29) is 41.2 Å². The van der Waals surface area contributed by atoms with Crippen LogP contribution in [0.3, 0.4) is 0 Å². The topological polar surface area (TPSA) is 113 Å². The molecule has 2 amide bonds. The Hall–Kier alpha value is -4.02. The number of hydrogen-bond acceptors (Lipinski definition) is 7. The van der Waals surface area contributed by atoms with E-state index in [2.05, 4.69) is 52.5 Å². The molecule has 2 aromatic heterocycles. The summed E-state index contributed by atoms with van der Waals surface area (Å²) in [6.07, 6.45) is 8.77. The van der Waals surface area contributed by atoms with Gasteiger partial charge in [-0.25, -0.2) is 4.98 Å². The molecule has 4 atom stereocenters. The van der Waals surface area contributed by atoms with E-state index < -0.39 is 6.04 Å². The third kappa shape index (κ3) is 6.14. The predicted molar refractivity (Wildman–Crippen MR) is 167 cm³/mol. The maximum Gasteiger partial charge on any atom is 0.279 e. The number of rotatable bonds is 8. The lowest BCUT2D eigenvalue weighted by molar-refractivity contribution is -0.123. The molecule has 6 rings (SSSR count). The van der Waals surface area contributed by atoms with Crippen molar-refractivity contribution in [2.75, 3.05) is 31.2 Å². The lowest BCUT2D eigenvalue weighted by Gasteiger charge is -2.38. The minimum Gasteiger partial charge on any atom is -0.375 e. The Morgan fingerprint density at radius 1 is 1.11 bits per heavy atom. The molecule has 2 N–H and O–H groups in total. The molecule has 5 heterocycles. The van der Waals surface area contributed by atoms with Gasteiger partial charge in [0, 0.05) is 66.5 Å². The molecule has 3 saturated heterocycles. The summed E-state index contributed by atoms with van der Waals surface area (Å²) < 4.78 is 11.6. The van der Waals surface area contributed by atoms with E-state index in [9.17, 15) is 9.59 Å². The molecule has 0 radical (unpaired) electrons. The first kappa shape index (κ1) is 30.0. The standard InChI is InChI=1S/C34H42N6O4/c1-22(28-20-44-33-27(28)13-17-43-33)39-15-11-25(12-16-39)38-31(41)30(23-6-5-14-35-18-23)40(32(42)29-19-36-21-37-29)26-9-7-24(8-10-26)34(2,3)4/h5-10,14,18-19,21,25,27-28,30,33H,1,11-13,15-17,20H2,2-4H3,(H,36,37)(H,38,41). The number of likely N-dealkylation sites (tertiary alicyclic amines) is 1. The minimum atomic E-state index is -0.948. The fourth-order valence-corrected chi connectivity index (χ4v) is 6.60. The van der Waals surface area contributed by atoms with E-state index >= 15 is 0 Å². The minimum absolute atomic E-state index is 0.0429. The molecule has 3 aliphatic rings. The largest absolute Gasteiger partial charge is 0.375 e. The number of nitrogens with zero attached hydrogens (tertiary/aromatic N) is 4. The Morgan fingerprint density at radius 3 is 2.55 bits per heavy atom. The number of hydrogen-bond donors (Lipinski definition) is 2. The number of fused-ring (bicyclic) bond motifs is 1. The zero-order valence-corrected chi connectivity index (χ0v) is 25.7. The van der Waals surface area contributed by atoms with Gasteiger partial charge in [0.05, 0.1) is 19.5 Å². The Bertz CT molecular complexity index is 1450. The fraction of sp³-hybridized carbons (Fsp3) is 0.471. The van der Waals surface area contributed by atoms with Crippen molar-refractivity contribution < 1.29 is 19.1 Å². The first-order valence-electron chi connectivity index (χ1n) is 15.5. The first-order valence-corrected chi connectivity index (χ1v) is 15.5. The highest BCUT2D eigenvalue weighted by molar-refractivity contribution is 6.09. The van der Waals surface area contributed by atoms with E-state index in [1.54, 1.807) is 24.7 Å². The van der Waals surface area contributed by atoms with Crippen LogP contribution in [0, 0.1) is 11.8 Å². The second-order valence-electron chi connectivity index (χ2n) is 13.0. The molecule has 232 valence electrons.